The lowest BCUT2D eigenvalue weighted by Crippen LogP contribution is -2.47. The number of piperazine rings is 2. The van der Waals surface area contributed by atoms with Gasteiger partial charge in [-0.05, 0) is 136 Å². The molecule has 6 aliphatic heterocycles. The number of β-amino-alcohol motifs (C(OH)–C–C–N with tert-alkyl or cyclic N) is 1. The number of carbonyl (C=O) groups excluding carboxylic acids is 3. The number of ether oxygens (including phenoxy) is 3. The van der Waals surface area contributed by atoms with Gasteiger partial charge < -0.3 is 84.3 Å². The van der Waals surface area contributed by atoms with E-state index in [0.29, 0.717) is 107 Å². The molecule has 6 aliphatic rings. The van der Waals surface area contributed by atoms with Crippen LogP contribution in [0.5, 0.6) is 17.2 Å². The highest BCUT2D eigenvalue weighted by Crippen LogP contribution is 2.47. The van der Waals surface area contributed by atoms with Gasteiger partial charge in [-0.15, -0.1) is 34.0 Å². The van der Waals surface area contributed by atoms with E-state index in [1.165, 1.54) is 45.3 Å². The number of hydrogen-bond donors (Lipinski definition) is 4. The van der Waals surface area contributed by atoms with Crippen molar-refractivity contribution in [2.24, 2.45) is 0 Å². The number of rotatable bonds is 17. The van der Waals surface area contributed by atoms with Gasteiger partial charge in [0, 0.05) is 123 Å². The summed E-state index contributed by atoms with van der Waals surface area (Å²) in [5, 5.41) is 24.0. The number of thiazole rings is 3. The van der Waals surface area contributed by atoms with Gasteiger partial charge in [0.1, 0.15) is 49.3 Å². The normalized spacial score (nSPS) is 16.2. The van der Waals surface area contributed by atoms with Crippen molar-refractivity contribution in [2.45, 2.75) is 67.2 Å². The smallest absolute Gasteiger partial charge is 0.280 e. The Balaban J connectivity index is 0.000000143. The molecule has 0 saturated carbocycles. The highest BCUT2D eigenvalue weighted by molar-refractivity contribution is 7.17. The van der Waals surface area contributed by atoms with Gasteiger partial charge in [0.25, 0.3) is 17.7 Å². The highest BCUT2D eigenvalue weighted by atomic mass is 32.1. The van der Waals surface area contributed by atoms with Crippen LogP contribution in [0.3, 0.4) is 0 Å². The predicted octanol–water partition coefficient (Wildman–Crippen LogP) is 11.2. The molecule has 12 heterocycles. The number of aliphatic hydroxyl groups excluding tert-OH is 1. The first-order valence-corrected chi connectivity index (χ1v) is 38.8. The molecule has 0 bridgehead atoms. The summed E-state index contributed by atoms with van der Waals surface area (Å²) in [6, 6.07) is 16.5. The maximum absolute atomic E-state index is 13.2. The molecule has 0 atom stereocenters. The minimum atomic E-state index is -0.147. The van der Waals surface area contributed by atoms with Crippen molar-refractivity contribution in [3.05, 3.63) is 110 Å². The fraction of sp³-hybridized carbons (Fsp3) is 0.440. The van der Waals surface area contributed by atoms with Crippen LogP contribution in [-0.2, 0) is 0 Å². The molecule has 3 saturated heterocycles. The van der Waals surface area contributed by atoms with Crippen molar-refractivity contribution in [2.75, 3.05) is 210 Å². The number of hydrogen-bond acceptors (Lipinski definition) is 30. The topological polar surface area (TPSA) is 287 Å². The molecule has 33 heteroatoms. The molecule has 570 valence electrons. The Kier molecular flexibility index (Phi) is 23.1. The lowest BCUT2D eigenvalue weighted by atomic mass is 9.89. The Morgan fingerprint density at radius 1 is 0.463 bits per heavy atom. The van der Waals surface area contributed by atoms with Crippen LogP contribution in [0.15, 0.2) is 67.1 Å². The van der Waals surface area contributed by atoms with Crippen LogP contribution in [0.4, 0.5) is 95.8 Å². The first-order chi connectivity index (χ1) is 52.1. The number of likely N-dealkylation sites (N-methyl/N-ethyl adjacent to an activating group) is 1. The van der Waals surface area contributed by atoms with Gasteiger partial charge in [-0.25, -0.2) is 29.9 Å². The quantitative estimate of drug-likeness (QED) is 0.0659. The fourth-order valence-electron chi connectivity index (χ4n) is 14.3. The number of amides is 3. The van der Waals surface area contributed by atoms with E-state index in [2.05, 4.69) is 122 Å². The third-order valence-electron chi connectivity index (χ3n) is 20.3. The molecule has 3 aromatic carbocycles. The summed E-state index contributed by atoms with van der Waals surface area (Å²) in [7, 11) is 15.1. The van der Waals surface area contributed by atoms with E-state index in [4.69, 9.17) is 29.2 Å². The van der Waals surface area contributed by atoms with Gasteiger partial charge in [0.2, 0.25) is 17.8 Å². The van der Waals surface area contributed by atoms with Crippen molar-refractivity contribution in [1.82, 2.24) is 59.6 Å². The Hall–Kier alpha value is -10.2. The van der Waals surface area contributed by atoms with Gasteiger partial charge in [-0.1, -0.05) is 6.07 Å². The zero-order valence-electron chi connectivity index (χ0n) is 64.0. The molecular formula is C75H95N23O7S3. The molecular weight excluding hydrogens is 1430 g/mol. The average Bonchev–Trinajstić information content (AvgIpc) is 1.60. The van der Waals surface area contributed by atoms with Gasteiger partial charge in [-0.2, -0.15) is 15.0 Å². The first kappa shape index (κ1) is 76.1. The largest absolute Gasteiger partial charge is 0.495 e. The van der Waals surface area contributed by atoms with Crippen LogP contribution in [0.2, 0.25) is 0 Å². The van der Waals surface area contributed by atoms with E-state index in [9.17, 15) is 19.5 Å². The minimum absolute atomic E-state index is 0.132. The molecule has 3 amide bonds. The number of benzene rings is 3. The molecule has 108 heavy (non-hydrogen) atoms. The Morgan fingerprint density at radius 2 is 0.861 bits per heavy atom. The zero-order chi connectivity index (χ0) is 76.4. The van der Waals surface area contributed by atoms with E-state index < -0.39 is 0 Å². The Bertz CT molecular complexity index is 4780. The number of aromatic nitrogens is 9. The average molecular weight is 1530 g/mol. The number of nitrogens with one attached hydrogen (secondary N) is 3. The second-order valence-corrected chi connectivity index (χ2v) is 30.7. The second-order valence-electron chi connectivity index (χ2n) is 27.2. The van der Waals surface area contributed by atoms with Crippen molar-refractivity contribution in [3.8, 4) is 17.2 Å². The van der Waals surface area contributed by atoms with Crippen molar-refractivity contribution < 1.29 is 33.7 Å². The Labute approximate surface area is 642 Å². The van der Waals surface area contributed by atoms with E-state index in [-0.39, 0.29) is 24.3 Å². The SMILES string of the molecule is CCN1C(=O)c2nc(C)sc2N(C)c2nc(Nc3cc(C)c(N4CCN(C)CC4)cc3OC)ncc21.CCN1C(=O)c2nc(C)sc2N(C)c2nc(Nc3ccc(C4CCN(C)CC4)cc3OC)ncc21.CCN1C(=O)c2nc(C)sc2N(C)c2nc(Nc3ccc(N4CCN(CCO)CC4)cc3OC)ncc21. The van der Waals surface area contributed by atoms with Crippen LogP contribution in [0.25, 0.3) is 0 Å². The highest BCUT2D eigenvalue weighted by Gasteiger charge is 2.38. The maximum Gasteiger partial charge on any atom is 0.280 e. The fourth-order valence-corrected chi connectivity index (χ4v) is 16.9. The predicted molar refractivity (Wildman–Crippen MR) is 431 cm³/mol. The number of methoxy groups -OCH3 is 3. The van der Waals surface area contributed by atoms with E-state index in [1.54, 1.807) is 54.6 Å². The third-order valence-corrected chi connectivity index (χ3v) is 23.4. The molecule has 0 unspecified atom stereocenters. The van der Waals surface area contributed by atoms with Crippen LogP contribution in [0, 0.1) is 27.7 Å². The third kappa shape index (κ3) is 15.5. The standard InChI is InChI=1S/C25H32N8O3S.C25H32N8O2S.C25H31N7O2S/c1-5-33-19-15-26-25(29-22(19)30(3)24-21(23(33)35)27-16(2)37-24)28-18-7-6-17(14-20(18)36-4)32-10-8-31(9-11-32)12-13-34;1-7-33-19-14-26-25(29-22(19)31(5)24-21(23(33)34)27-16(3)36-24)28-17-12-15(2)18(13-20(17)35-6)32-10-8-30(4)9-11-32;1-6-32-19-14-26-25(29-22(19)31(4)24-21(23(32)33)27-15(2)35-24)28-18-8-7-17(13-20(18)34-5)16-9-11-30(3)12-10-16/h6-7,14-15,34H,5,8-13H2,1-4H3,(H,26,28,29);12-14H,7-11H2,1-6H3,(H,26,28,29);7-8,13-14,16H,6,9-12H2,1-5H3,(H,26,28,29). The van der Waals surface area contributed by atoms with Gasteiger partial charge >= 0.3 is 0 Å². The van der Waals surface area contributed by atoms with Gasteiger partial charge in [-0.3, -0.25) is 19.3 Å². The van der Waals surface area contributed by atoms with Crippen LogP contribution in [-0.4, -0.2) is 237 Å². The lowest BCUT2D eigenvalue weighted by Gasteiger charge is -2.36. The summed E-state index contributed by atoms with van der Waals surface area (Å²) in [5.41, 5.74) is 10.4. The Morgan fingerprint density at radius 3 is 1.29 bits per heavy atom. The van der Waals surface area contributed by atoms with Gasteiger partial charge in [0.05, 0.1) is 78.6 Å². The molecule has 9 aromatic rings. The number of likely N-dealkylation sites (tertiary alicyclic amines) is 1. The number of aliphatic hydroxyl groups is 1. The molecule has 3 fully saturated rings. The van der Waals surface area contributed by atoms with Crippen LogP contribution < -0.4 is 69.4 Å². The van der Waals surface area contributed by atoms with E-state index in [1.807, 2.05) is 95.6 Å². The summed E-state index contributed by atoms with van der Waals surface area (Å²) >= 11 is 4.44. The van der Waals surface area contributed by atoms with Crippen molar-refractivity contribution in [3.63, 3.8) is 0 Å². The first-order valence-electron chi connectivity index (χ1n) is 36.4. The van der Waals surface area contributed by atoms with E-state index >= 15 is 0 Å². The number of piperidine rings is 1. The molecule has 6 aromatic heterocycles. The summed E-state index contributed by atoms with van der Waals surface area (Å²) in [6.45, 7) is 25.9. The number of anilines is 17. The summed E-state index contributed by atoms with van der Waals surface area (Å²) in [5.74, 6) is 5.52. The summed E-state index contributed by atoms with van der Waals surface area (Å²) in [4.78, 5) is 104. The lowest BCUT2D eigenvalue weighted by molar-refractivity contribution is 0.0977. The number of aryl methyl sites for hydroxylation is 4. The van der Waals surface area contributed by atoms with Gasteiger partial charge in [0.15, 0.2) is 34.5 Å². The maximum atomic E-state index is 13.2. The summed E-state index contributed by atoms with van der Waals surface area (Å²) < 4.78 is 17.2. The molecule has 0 radical (unpaired) electrons. The number of fused-ring (bicyclic) bond motifs is 6. The van der Waals surface area contributed by atoms with Crippen LogP contribution >= 0.6 is 34.0 Å². The van der Waals surface area contributed by atoms with Crippen molar-refractivity contribution >= 4 is 148 Å². The van der Waals surface area contributed by atoms with E-state index in [0.717, 1.165) is 148 Å². The molecule has 15 rings (SSSR count). The molecule has 30 nitrogen and oxygen atoms in total. The zero-order valence-corrected chi connectivity index (χ0v) is 66.5. The molecule has 0 spiro atoms. The van der Waals surface area contributed by atoms with Crippen LogP contribution in [0.1, 0.15) is 97.1 Å². The van der Waals surface area contributed by atoms with Crippen molar-refractivity contribution in [1.29, 1.82) is 0 Å². The minimum Gasteiger partial charge on any atom is -0.495 e. The summed E-state index contributed by atoms with van der Waals surface area (Å²) in [6.07, 6.45) is 7.38. The number of carbonyl (C=O) groups is 3. The second kappa shape index (κ2) is 32.7. The number of nitrogens with zero attached hydrogens (tertiary/aromatic N) is 20. The molecule has 4 N–H and O–H groups in total. The molecule has 0 aliphatic carbocycles. The monoisotopic (exact) mass is 1530 g/mol.